The Morgan fingerprint density at radius 3 is 2.21 bits per heavy atom. The molecule has 1 amide bonds. The van der Waals surface area contributed by atoms with Gasteiger partial charge < -0.3 is 19.9 Å². The van der Waals surface area contributed by atoms with E-state index in [0.29, 0.717) is 6.54 Å². The van der Waals surface area contributed by atoms with E-state index in [1.54, 1.807) is 0 Å². The number of nitrogens with zero attached hydrogens (tertiary/aromatic N) is 1. The number of amides is 1. The summed E-state index contributed by atoms with van der Waals surface area (Å²) in [6, 6.07) is 35.3. The first-order valence-electron chi connectivity index (χ1n) is 15.0. The molecule has 0 unspecified atom stereocenters. The lowest BCUT2D eigenvalue weighted by Crippen LogP contribution is -2.44. The van der Waals surface area contributed by atoms with Gasteiger partial charge in [-0.1, -0.05) is 110 Å². The molecule has 1 aliphatic rings. The first-order valence-corrected chi connectivity index (χ1v) is 15.0. The van der Waals surface area contributed by atoms with Crippen LogP contribution in [0.15, 0.2) is 103 Å². The largest absolute Gasteiger partial charge is 0.392 e. The number of rotatable bonds is 10. The van der Waals surface area contributed by atoms with E-state index in [4.69, 9.17) is 9.47 Å². The van der Waals surface area contributed by atoms with Crippen molar-refractivity contribution in [2.45, 2.75) is 58.5 Å². The Kier molecular flexibility index (Phi) is 10.1. The summed E-state index contributed by atoms with van der Waals surface area (Å²) in [6.07, 6.45) is -0.779. The molecule has 1 aliphatic heterocycles. The van der Waals surface area contributed by atoms with Gasteiger partial charge in [0.2, 0.25) is 5.91 Å². The van der Waals surface area contributed by atoms with Gasteiger partial charge in [0, 0.05) is 37.5 Å². The van der Waals surface area contributed by atoms with E-state index in [0.717, 1.165) is 39.9 Å². The number of nitrogens with one attached hydrogen (secondary N) is 1. The standard InChI is InChI=1S/C37H42N2O4/c1-25-35(23-39(4)26(2)29-10-6-5-7-11-29)42-37(43-36(25)31-16-14-28(24-40)15-17-31)32-20-18-30(19-21-32)34-13-9-8-12-33(34)22-38-27(3)41/h5-21,25-26,35-37,40H,22-24H2,1-4H3,(H,38,41)/t25-,26-,35+,36+,37+/m0/s1. The molecule has 4 aromatic carbocycles. The van der Waals surface area contributed by atoms with Gasteiger partial charge >= 0.3 is 0 Å². The number of carbonyl (C=O) groups is 1. The molecule has 0 spiro atoms. The Morgan fingerprint density at radius 1 is 0.884 bits per heavy atom. The third-order valence-electron chi connectivity index (χ3n) is 8.57. The van der Waals surface area contributed by atoms with Gasteiger partial charge in [-0.3, -0.25) is 9.69 Å². The van der Waals surface area contributed by atoms with Crippen molar-refractivity contribution in [2.75, 3.05) is 13.6 Å². The van der Waals surface area contributed by atoms with E-state index < -0.39 is 6.29 Å². The lowest BCUT2D eigenvalue weighted by atomic mass is 9.89. The van der Waals surface area contributed by atoms with Crippen molar-refractivity contribution in [2.24, 2.45) is 5.92 Å². The fourth-order valence-corrected chi connectivity index (χ4v) is 5.75. The summed E-state index contributed by atoms with van der Waals surface area (Å²) in [5, 5.41) is 12.5. The van der Waals surface area contributed by atoms with Gasteiger partial charge in [0.1, 0.15) is 0 Å². The second-order valence-electron chi connectivity index (χ2n) is 11.5. The van der Waals surface area contributed by atoms with Crippen LogP contribution in [0.3, 0.4) is 0 Å². The van der Waals surface area contributed by atoms with Crippen LogP contribution in [0.1, 0.15) is 67.0 Å². The molecule has 0 aliphatic carbocycles. The van der Waals surface area contributed by atoms with Crippen LogP contribution in [-0.4, -0.2) is 35.6 Å². The maximum atomic E-state index is 11.5. The van der Waals surface area contributed by atoms with Gasteiger partial charge in [0.05, 0.1) is 18.8 Å². The molecule has 1 saturated heterocycles. The van der Waals surface area contributed by atoms with Crippen molar-refractivity contribution in [1.82, 2.24) is 10.2 Å². The Hall–Kier alpha value is -3.81. The number of aliphatic hydroxyl groups is 1. The number of aliphatic hydroxyl groups excluding tert-OH is 1. The Morgan fingerprint density at radius 2 is 1.53 bits per heavy atom. The summed E-state index contributed by atoms with van der Waals surface area (Å²) in [4.78, 5) is 13.9. The highest BCUT2D eigenvalue weighted by molar-refractivity contribution is 5.74. The topological polar surface area (TPSA) is 71.0 Å². The lowest BCUT2D eigenvalue weighted by molar-refractivity contribution is -0.276. The van der Waals surface area contributed by atoms with E-state index in [1.165, 1.54) is 12.5 Å². The van der Waals surface area contributed by atoms with Crippen LogP contribution in [-0.2, 0) is 27.4 Å². The van der Waals surface area contributed by atoms with Crippen LogP contribution in [0.4, 0.5) is 0 Å². The summed E-state index contributed by atoms with van der Waals surface area (Å²) in [6.45, 7) is 7.19. The third kappa shape index (κ3) is 7.40. The van der Waals surface area contributed by atoms with E-state index in [9.17, 15) is 9.90 Å². The minimum Gasteiger partial charge on any atom is -0.392 e. The second kappa shape index (κ2) is 14.1. The number of likely N-dealkylation sites (N-methyl/N-ethyl adjacent to an activating group) is 1. The first-order chi connectivity index (χ1) is 20.8. The molecule has 224 valence electrons. The molecule has 5 atom stereocenters. The van der Waals surface area contributed by atoms with Crippen molar-refractivity contribution in [1.29, 1.82) is 0 Å². The van der Waals surface area contributed by atoms with E-state index in [1.807, 2.05) is 36.4 Å². The van der Waals surface area contributed by atoms with Gasteiger partial charge in [0.15, 0.2) is 6.29 Å². The van der Waals surface area contributed by atoms with Crippen LogP contribution in [0, 0.1) is 5.92 Å². The average molecular weight is 579 g/mol. The molecule has 5 rings (SSSR count). The van der Waals surface area contributed by atoms with Gasteiger partial charge in [0.25, 0.3) is 0 Å². The average Bonchev–Trinajstić information content (AvgIpc) is 3.05. The third-order valence-corrected chi connectivity index (χ3v) is 8.57. The van der Waals surface area contributed by atoms with Gasteiger partial charge in [-0.2, -0.15) is 0 Å². The highest BCUT2D eigenvalue weighted by atomic mass is 16.7. The van der Waals surface area contributed by atoms with Crippen molar-refractivity contribution in [3.05, 3.63) is 131 Å². The van der Waals surface area contributed by atoms with E-state index >= 15 is 0 Å². The molecule has 0 aromatic heterocycles. The normalized spacial score (nSPS) is 21.0. The zero-order chi connectivity index (χ0) is 30.3. The number of carbonyl (C=O) groups excluding carboxylic acids is 1. The van der Waals surface area contributed by atoms with E-state index in [2.05, 4.69) is 97.8 Å². The fourth-order valence-electron chi connectivity index (χ4n) is 5.75. The highest BCUT2D eigenvalue weighted by Crippen LogP contribution is 2.42. The molecule has 43 heavy (non-hydrogen) atoms. The lowest BCUT2D eigenvalue weighted by Gasteiger charge is -2.43. The summed E-state index contributed by atoms with van der Waals surface area (Å²) in [5.41, 5.74) is 7.39. The zero-order valence-corrected chi connectivity index (χ0v) is 25.4. The minimum absolute atomic E-state index is 0.0121. The predicted molar refractivity (Wildman–Crippen MR) is 170 cm³/mol. The van der Waals surface area contributed by atoms with Crippen LogP contribution in [0.5, 0.6) is 0 Å². The molecular formula is C37H42N2O4. The maximum absolute atomic E-state index is 11.5. The van der Waals surface area contributed by atoms with Crippen molar-refractivity contribution in [3.8, 4) is 11.1 Å². The number of ether oxygens (including phenoxy) is 2. The second-order valence-corrected chi connectivity index (χ2v) is 11.5. The summed E-state index contributed by atoms with van der Waals surface area (Å²) in [5.74, 6) is 0.0477. The van der Waals surface area contributed by atoms with Crippen molar-refractivity contribution < 1.29 is 19.4 Å². The fraction of sp³-hybridized carbons (Fsp3) is 0.324. The number of hydrogen-bond acceptors (Lipinski definition) is 5. The van der Waals surface area contributed by atoms with Crippen molar-refractivity contribution in [3.63, 3.8) is 0 Å². The first kappa shape index (κ1) is 30.6. The molecule has 1 heterocycles. The monoisotopic (exact) mass is 578 g/mol. The summed E-state index contributed by atoms with van der Waals surface area (Å²) < 4.78 is 13.4. The maximum Gasteiger partial charge on any atom is 0.217 e. The number of benzene rings is 4. The predicted octanol–water partition coefficient (Wildman–Crippen LogP) is 6.97. The van der Waals surface area contributed by atoms with Crippen LogP contribution < -0.4 is 5.32 Å². The highest BCUT2D eigenvalue weighted by Gasteiger charge is 2.39. The molecule has 6 nitrogen and oxygen atoms in total. The number of hydrogen-bond donors (Lipinski definition) is 2. The quantitative estimate of drug-likeness (QED) is 0.213. The van der Waals surface area contributed by atoms with Gasteiger partial charge in [-0.05, 0) is 47.4 Å². The Balaban J connectivity index is 1.40. The molecule has 6 heteroatoms. The summed E-state index contributed by atoms with van der Waals surface area (Å²) >= 11 is 0. The van der Waals surface area contributed by atoms with E-state index in [-0.39, 0.29) is 36.7 Å². The van der Waals surface area contributed by atoms with Gasteiger partial charge in [-0.15, -0.1) is 0 Å². The molecule has 1 fully saturated rings. The van der Waals surface area contributed by atoms with Gasteiger partial charge in [-0.25, -0.2) is 0 Å². The Labute approximate surface area is 255 Å². The van der Waals surface area contributed by atoms with Crippen LogP contribution >= 0.6 is 0 Å². The Bertz CT molecular complexity index is 1470. The van der Waals surface area contributed by atoms with Crippen molar-refractivity contribution >= 4 is 5.91 Å². The SMILES string of the molecule is CC(=O)NCc1ccccc1-c1ccc([C@@H]2O[C@H](CN(C)[C@@H](C)c3ccccc3)[C@H](C)[C@H](c3ccc(CO)cc3)O2)cc1. The zero-order valence-electron chi connectivity index (χ0n) is 25.4. The molecule has 0 bridgehead atoms. The molecule has 0 saturated carbocycles. The molecule has 4 aromatic rings. The molecular weight excluding hydrogens is 536 g/mol. The molecule has 0 radical (unpaired) electrons. The molecule has 2 N–H and O–H groups in total. The summed E-state index contributed by atoms with van der Waals surface area (Å²) in [7, 11) is 2.15. The van der Waals surface area contributed by atoms with Crippen LogP contribution in [0.25, 0.3) is 11.1 Å². The van der Waals surface area contributed by atoms with Crippen LogP contribution in [0.2, 0.25) is 0 Å². The smallest absolute Gasteiger partial charge is 0.217 e. The minimum atomic E-state index is -0.534.